The Labute approximate surface area is 75.2 Å². The lowest BCUT2D eigenvalue weighted by atomic mass is 10.2. The molecule has 0 bridgehead atoms. The van der Waals surface area contributed by atoms with Gasteiger partial charge >= 0.3 is 0 Å². The predicted octanol–water partition coefficient (Wildman–Crippen LogP) is 0.976. The molecule has 0 aliphatic carbocycles. The third-order valence-corrected chi connectivity index (χ3v) is 2.31. The maximum atomic E-state index is 3.91. The van der Waals surface area contributed by atoms with Gasteiger partial charge in [-0.1, -0.05) is 19.2 Å². The summed E-state index contributed by atoms with van der Waals surface area (Å²) in [4.78, 5) is 4.77. The van der Waals surface area contributed by atoms with E-state index in [0.717, 1.165) is 25.2 Å². The molecular formula is C10H18N2. The standard InChI is InChI=1S/C10H18N2/c1-4-10(2)9-12-7-5-11(3)6-8-12/h4H,1-2,5-9H2,3H3. The van der Waals surface area contributed by atoms with Gasteiger partial charge in [-0.25, -0.2) is 0 Å². The first-order valence-electron chi connectivity index (χ1n) is 4.43. The molecule has 0 unspecified atom stereocenters. The van der Waals surface area contributed by atoms with Gasteiger partial charge in [0.25, 0.3) is 0 Å². The first-order chi connectivity index (χ1) is 5.72. The maximum Gasteiger partial charge on any atom is 0.0228 e. The Balaban J connectivity index is 2.26. The molecule has 12 heavy (non-hydrogen) atoms. The zero-order chi connectivity index (χ0) is 8.97. The fourth-order valence-electron chi connectivity index (χ4n) is 1.36. The molecule has 0 aromatic heterocycles. The molecule has 0 aromatic rings. The van der Waals surface area contributed by atoms with E-state index in [-0.39, 0.29) is 0 Å². The zero-order valence-corrected chi connectivity index (χ0v) is 7.92. The number of rotatable bonds is 3. The monoisotopic (exact) mass is 166 g/mol. The Kier molecular flexibility index (Phi) is 3.50. The summed E-state index contributed by atoms with van der Waals surface area (Å²) in [6, 6.07) is 0. The minimum atomic E-state index is 0.983. The van der Waals surface area contributed by atoms with Crippen molar-refractivity contribution < 1.29 is 0 Å². The number of nitrogens with zero attached hydrogens (tertiary/aromatic N) is 2. The summed E-state index contributed by atoms with van der Waals surface area (Å²) < 4.78 is 0. The molecule has 1 heterocycles. The highest BCUT2D eigenvalue weighted by Crippen LogP contribution is 2.02. The van der Waals surface area contributed by atoms with Gasteiger partial charge < -0.3 is 4.90 Å². The van der Waals surface area contributed by atoms with Gasteiger partial charge in [0, 0.05) is 32.7 Å². The molecule has 1 saturated heterocycles. The minimum Gasteiger partial charge on any atom is -0.304 e. The van der Waals surface area contributed by atoms with Gasteiger partial charge in [-0.05, 0) is 12.6 Å². The van der Waals surface area contributed by atoms with Crippen molar-refractivity contribution >= 4 is 0 Å². The van der Waals surface area contributed by atoms with Crippen LogP contribution in [-0.4, -0.2) is 49.6 Å². The average molecular weight is 166 g/mol. The number of piperazine rings is 1. The highest BCUT2D eigenvalue weighted by molar-refractivity contribution is 5.12. The smallest absolute Gasteiger partial charge is 0.0228 e. The van der Waals surface area contributed by atoms with Crippen molar-refractivity contribution in [3.63, 3.8) is 0 Å². The minimum absolute atomic E-state index is 0.983. The zero-order valence-electron chi connectivity index (χ0n) is 7.92. The third kappa shape index (κ3) is 2.80. The molecular weight excluding hydrogens is 148 g/mol. The molecule has 1 aliphatic rings. The number of hydrogen-bond donors (Lipinski definition) is 0. The van der Waals surface area contributed by atoms with Crippen molar-refractivity contribution in [2.24, 2.45) is 0 Å². The van der Waals surface area contributed by atoms with Crippen LogP contribution in [-0.2, 0) is 0 Å². The summed E-state index contributed by atoms with van der Waals surface area (Å²) in [5.74, 6) is 0. The van der Waals surface area contributed by atoms with E-state index in [1.165, 1.54) is 13.1 Å². The van der Waals surface area contributed by atoms with Gasteiger partial charge in [-0.2, -0.15) is 0 Å². The Morgan fingerprint density at radius 3 is 2.42 bits per heavy atom. The van der Waals surface area contributed by atoms with Crippen LogP contribution in [0.1, 0.15) is 0 Å². The van der Waals surface area contributed by atoms with Gasteiger partial charge in [0.2, 0.25) is 0 Å². The van der Waals surface area contributed by atoms with E-state index >= 15 is 0 Å². The van der Waals surface area contributed by atoms with Crippen molar-refractivity contribution in [2.75, 3.05) is 39.8 Å². The van der Waals surface area contributed by atoms with Crippen LogP contribution in [0.4, 0.5) is 0 Å². The van der Waals surface area contributed by atoms with Crippen LogP contribution in [0, 0.1) is 0 Å². The summed E-state index contributed by atoms with van der Waals surface area (Å²) in [6.45, 7) is 13.3. The van der Waals surface area contributed by atoms with Crippen molar-refractivity contribution in [3.05, 3.63) is 24.8 Å². The van der Waals surface area contributed by atoms with E-state index in [1.807, 2.05) is 6.08 Å². The Morgan fingerprint density at radius 2 is 1.92 bits per heavy atom. The van der Waals surface area contributed by atoms with E-state index in [4.69, 9.17) is 0 Å². The lowest BCUT2D eigenvalue weighted by Crippen LogP contribution is -2.44. The number of likely N-dealkylation sites (N-methyl/N-ethyl adjacent to an activating group) is 1. The van der Waals surface area contributed by atoms with E-state index in [2.05, 4.69) is 30.0 Å². The van der Waals surface area contributed by atoms with Gasteiger partial charge in [0.1, 0.15) is 0 Å². The maximum absolute atomic E-state index is 3.91. The summed E-state index contributed by atoms with van der Waals surface area (Å²) >= 11 is 0. The lowest BCUT2D eigenvalue weighted by molar-refractivity contribution is 0.165. The van der Waals surface area contributed by atoms with E-state index in [9.17, 15) is 0 Å². The molecule has 1 rings (SSSR count). The number of hydrogen-bond acceptors (Lipinski definition) is 2. The Hall–Kier alpha value is -0.600. The second kappa shape index (κ2) is 4.43. The quantitative estimate of drug-likeness (QED) is 0.577. The topological polar surface area (TPSA) is 6.48 Å². The summed E-state index contributed by atoms with van der Waals surface area (Å²) in [6.07, 6.45) is 1.85. The largest absolute Gasteiger partial charge is 0.304 e. The first-order valence-corrected chi connectivity index (χ1v) is 4.43. The predicted molar refractivity (Wildman–Crippen MR) is 53.3 cm³/mol. The van der Waals surface area contributed by atoms with Crippen LogP contribution in [0.15, 0.2) is 24.8 Å². The summed E-state index contributed by atoms with van der Waals surface area (Å²) in [5.41, 5.74) is 1.12. The fourth-order valence-corrected chi connectivity index (χ4v) is 1.36. The van der Waals surface area contributed by atoms with Crippen molar-refractivity contribution in [1.29, 1.82) is 0 Å². The van der Waals surface area contributed by atoms with Crippen LogP contribution < -0.4 is 0 Å². The molecule has 2 nitrogen and oxygen atoms in total. The molecule has 0 atom stereocenters. The molecule has 1 aliphatic heterocycles. The van der Waals surface area contributed by atoms with Crippen LogP contribution in [0.2, 0.25) is 0 Å². The van der Waals surface area contributed by atoms with E-state index < -0.39 is 0 Å². The van der Waals surface area contributed by atoms with Gasteiger partial charge in [0.05, 0.1) is 0 Å². The van der Waals surface area contributed by atoms with Crippen molar-refractivity contribution in [2.45, 2.75) is 0 Å². The fraction of sp³-hybridized carbons (Fsp3) is 0.600. The van der Waals surface area contributed by atoms with Gasteiger partial charge in [0.15, 0.2) is 0 Å². The molecule has 1 fully saturated rings. The summed E-state index contributed by atoms with van der Waals surface area (Å²) in [5, 5.41) is 0. The molecule has 0 radical (unpaired) electrons. The third-order valence-electron chi connectivity index (χ3n) is 2.31. The molecule has 68 valence electrons. The lowest BCUT2D eigenvalue weighted by Gasteiger charge is -2.32. The summed E-state index contributed by atoms with van der Waals surface area (Å²) in [7, 11) is 2.17. The van der Waals surface area contributed by atoms with Gasteiger partial charge in [-0.3, -0.25) is 4.90 Å². The van der Waals surface area contributed by atoms with E-state index in [0.29, 0.717) is 0 Å². The molecule has 0 spiro atoms. The van der Waals surface area contributed by atoms with Crippen LogP contribution in [0.3, 0.4) is 0 Å². The van der Waals surface area contributed by atoms with Crippen LogP contribution in [0.5, 0.6) is 0 Å². The normalized spacial score (nSPS) is 20.8. The van der Waals surface area contributed by atoms with Gasteiger partial charge in [-0.15, -0.1) is 0 Å². The second-order valence-corrected chi connectivity index (χ2v) is 3.44. The highest BCUT2D eigenvalue weighted by atomic mass is 15.2. The highest BCUT2D eigenvalue weighted by Gasteiger charge is 2.12. The first kappa shape index (κ1) is 9.49. The molecule has 0 N–H and O–H groups in total. The van der Waals surface area contributed by atoms with Crippen molar-refractivity contribution in [1.82, 2.24) is 9.80 Å². The SMILES string of the molecule is C=CC(=C)CN1CCN(C)CC1. The average Bonchev–Trinajstić information content (AvgIpc) is 2.09. The second-order valence-electron chi connectivity index (χ2n) is 3.44. The van der Waals surface area contributed by atoms with Crippen LogP contribution >= 0.6 is 0 Å². The molecule has 0 amide bonds. The molecule has 2 heteroatoms. The molecule has 0 saturated carbocycles. The Bertz CT molecular complexity index is 167. The Morgan fingerprint density at radius 1 is 1.33 bits per heavy atom. The van der Waals surface area contributed by atoms with Crippen molar-refractivity contribution in [3.8, 4) is 0 Å². The van der Waals surface area contributed by atoms with E-state index in [1.54, 1.807) is 0 Å². The van der Waals surface area contributed by atoms with Crippen LogP contribution in [0.25, 0.3) is 0 Å². The molecule has 0 aromatic carbocycles.